The Morgan fingerprint density at radius 3 is 3.06 bits per heavy atom. The molecule has 0 aliphatic carbocycles. The minimum Gasteiger partial charge on any atom is -0.352 e. The van der Waals surface area contributed by atoms with Gasteiger partial charge in [-0.3, -0.25) is 0 Å². The summed E-state index contributed by atoms with van der Waals surface area (Å²) in [6.07, 6.45) is 1.71. The quantitative estimate of drug-likeness (QED) is 0.898. The molecule has 3 nitrogen and oxygen atoms in total. The average molecular weight is 272 g/mol. The van der Waals surface area contributed by atoms with Crippen LogP contribution in [0.1, 0.15) is 19.4 Å². The minimum atomic E-state index is 0.459. The van der Waals surface area contributed by atoms with Crippen LogP contribution < -0.4 is 10.6 Å². The lowest BCUT2D eigenvalue weighted by molar-refractivity contribution is 0.620. The fraction of sp³-hybridized carbons (Fsp3) is 0.583. The molecule has 2 heterocycles. The average Bonchev–Trinajstić information content (AvgIpc) is 2.34. The first-order chi connectivity index (χ1) is 8.13. The summed E-state index contributed by atoms with van der Waals surface area (Å²) < 4.78 is 0. The summed E-state index contributed by atoms with van der Waals surface area (Å²) in [5.74, 6) is 2.14. The van der Waals surface area contributed by atoms with Crippen molar-refractivity contribution in [3.63, 3.8) is 0 Å². The van der Waals surface area contributed by atoms with Crippen molar-refractivity contribution in [1.29, 1.82) is 0 Å². The van der Waals surface area contributed by atoms with E-state index in [2.05, 4.69) is 23.7 Å². The van der Waals surface area contributed by atoms with Crippen molar-refractivity contribution in [3.8, 4) is 0 Å². The topological polar surface area (TPSA) is 42.1 Å². The van der Waals surface area contributed by atoms with Crippen molar-refractivity contribution >= 4 is 29.2 Å². The SMILES string of the molecule is CC1SCCN(c2cc(CN)c(Cl)cn2)C1C. The van der Waals surface area contributed by atoms with Gasteiger partial charge in [0.1, 0.15) is 5.82 Å². The maximum absolute atomic E-state index is 6.04. The van der Waals surface area contributed by atoms with E-state index in [1.807, 2.05) is 17.8 Å². The molecule has 0 spiro atoms. The fourth-order valence-electron chi connectivity index (χ4n) is 2.04. The first kappa shape index (κ1) is 13.0. The molecule has 0 amide bonds. The first-order valence-electron chi connectivity index (χ1n) is 5.86. The largest absolute Gasteiger partial charge is 0.352 e. The molecule has 5 heteroatoms. The second kappa shape index (κ2) is 5.46. The maximum Gasteiger partial charge on any atom is 0.129 e. The molecule has 1 aliphatic heterocycles. The van der Waals surface area contributed by atoms with Crippen molar-refractivity contribution < 1.29 is 0 Å². The predicted molar refractivity (Wildman–Crippen MR) is 75.9 cm³/mol. The summed E-state index contributed by atoms with van der Waals surface area (Å²) in [4.78, 5) is 6.77. The number of nitrogens with two attached hydrogens (primary N) is 1. The third-order valence-corrected chi connectivity index (χ3v) is 5.00. The normalized spacial score (nSPS) is 25.1. The molecule has 94 valence electrons. The highest BCUT2D eigenvalue weighted by Gasteiger charge is 2.26. The van der Waals surface area contributed by atoms with Crippen LogP contribution in [-0.4, -0.2) is 28.6 Å². The van der Waals surface area contributed by atoms with E-state index in [4.69, 9.17) is 17.3 Å². The molecule has 0 saturated carbocycles. The third-order valence-electron chi connectivity index (χ3n) is 3.32. The number of pyridine rings is 1. The number of nitrogens with zero attached hydrogens (tertiary/aromatic N) is 2. The van der Waals surface area contributed by atoms with Gasteiger partial charge >= 0.3 is 0 Å². The van der Waals surface area contributed by atoms with Crippen LogP contribution >= 0.6 is 23.4 Å². The zero-order valence-electron chi connectivity index (χ0n) is 10.2. The first-order valence-corrected chi connectivity index (χ1v) is 7.29. The van der Waals surface area contributed by atoms with E-state index >= 15 is 0 Å². The Kier molecular flexibility index (Phi) is 4.17. The Balaban J connectivity index is 2.27. The van der Waals surface area contributed by atoms with E-state index in [0.717, 1.165) is 23.7 Å². The van der Waals surface area contributed by atoms with Gasteiger partial charge in [-0.1, -0.05) is 18.5 Å². The van der Waals surface area contributed by atoms with Gasteiger partial charge in [0.2, 0.25) is 0 Å². The number of anilines is 1. The second-order valence-electron chi connectivity index (χ2n) is 4.35. The Morgan fingerprint density at radius 2 is 2.35 bits per heavy atom. The lowest BCUT2D eigenvalue weighted by Crippen LogP contribution is -2.45. The molecule has 2 atom stereocenters. The zero-order chi connectivity index (χ0) is 12.4. The van der Waals surface area contributed by atoms with Gasteiger partial charge in [0.05, 0.1) is 5.02 Å². The molecule has 1 aromatic rings. The molecule has 1 fully saturated rings. The van der Waals surface area contributed by atoms with E-state index in [9.17, 15) is 0 Å². The Bertz CT molecular complexity index is 399. The summed E-state index contributed by atoms with van der Waals surface area (Å²) in [5, 5.41) is 1.28. The van der Waals surface area contributed by atoms with Crippen molar-refractivity contribution in [2.24, 2.45) is 5.73 Å². The van der Waals surface area contributed by atoms with Crippen molar-refractivity contribution in [2.75, 3.05) is 17.2 Å². The van der Waals surface area contributed by atoms with E-state index < -0.39 is 0 Å². The van der Waals surface area contributed by atoms with Crippen molar-refractivity contribution in [1.82, 2.24) is 4.98 Å². The number of rotatable bonds is 2. The van der Waals surface area contributed by atoms with Gasteiger partial charge in [0.25, 0.3) is 0 Å². The number of halogens is 1. The van der Waals surface area contributed by atoms with Crippen LogP contribution in [0.25, 0.3) is 0 Å². The number of aromatic nitrogens is 1. The molecule has 0 bridgehead atoms. The molecule has 2 rings (SSSR count). The Hall–Kier alpha value is -0.450. The van der Waals surface area contributed by atoms with Crippen LogP contribution in [0, 0.1) is 0 Å². The standard InChI is InChI=1S/C12H18ClN3S/c1-8-9(2)17-4-3-16(8)12-5-10(6-14)11(13)7-15-12/h5,7-9H,3-4,6,14H2,1-2H3. The zero-order valence-corrected chi connectivity index (χ0v) is 11.8. The lowest BCUT2D eigenvalue weighted by atomic mass is 10.2. The van der Waals surface area contributed by atoms with E-state index in [0.29, 0.717) is 22.9 Å². The van der Waals surface area contributed by atoms with Crippen LogP contribution in [0.5, 0.6) is 0 Å². The van der Waals surface area contributed by atoms with Crippen molar-refractivity contribution in [2.45, 2.75) is 31.7 Å². The summed E-state index contributed by atoms with van der Waals surface area (Å²) in [6, 6.07) is 2.51. The highest BCUT2D eigenvalue weighted by molar-refractivity contribution is 8.00. The fourth-order valence-corrected chi connectivity index (χ4v) is 3.32. The molecule has 0 aromatic carbocycles. The highest BCUT2D eigenvalue weighted by atomic mass is 35.5. The van der Waals surface area contributed by atoms with Gasteiger partial charge in [0.15, 0.2) is 0 Å². The summed E-state index contributed by atoms with van der Waals surface area (Å²) >= 11 is 8.05. The van der Waals surface area contributed by atoms with Crippen LogP contribution in [0.4, 0.5) is 5.82 Å². The minimum absolute atomic E-state index is 0.459. The van der Waals surface area contributed by atoms with Gasteiger partial charge in [-0.05, 0) is 18.6 Å². The van der Waals surface area contributed by atoms with E-state index in [1.165, 1.54) is 0 Å². The number of hydrogen-bond acceptors (Lipinski definition) is 4. The molecule has 1 saturated heterocycles. The highest BCUT2D eigenvalue weighted by Crippen LogP contribution is 2.29. The lowest BCUT2D eigenvalue weighted by Gasteiger charge is -2.38. The predicted octanol–water partition coefficient (Wildman–Crippen LogP) is 2.52. The van der Waals surface area contributed by atoms with Gasteiger partial charge in [-0.2, -0.15) is 11.8 Å². The van der Waals surface area contributed by atoms with Gasteiger partial charge in [-0.15, -0.1) is 0 Å². The number of thioether (sulfide) groups is 1. The molecule has 2 unspecified atom stereocenters. The van der Waals surface area contributed by atoms with Gasteiger partial charge < -0.3 is 10.6 Å². The number of hydrogen-bond donors (Lipinski definition) is 1. The third kappa shape index (κ3) is 2.69. The van der Waals surface area contributed by atoms with E-state index in [1.54, 1.807) is 6.20 Å². The maximum atomic E-state index is 6.04. The summed E-state index contributed by atoms with van der Waals surface area (Å²) in [7, 11) is 0. The monoisotopic (exact) mass is 271 g/mol. The van der Waals surface area contributed by atoms with Gasteiger partial charge in [-0.25, -0.2) is 4.98 Å². The molecular formula is C12H18ClN3S. The molecule has 2 N–H and O–H groups in total. The molecule has 1 aliphatic rings. The Morgan fingerprint density at radius 1 is 1.59 bits per heavy atom. The van der Waals surface area contributed by atoms with Gasteiger partial charge in [0, 0.05) is 36.3 Å². The van der Waals surface area contributed by atoms with Crippen LogP contribution in [0.2, 0.25) is 5.02 Å². The van der Waals surface area contributed by atoms with Crippen LogP contribution in [-0.2, 0) is 6.54 Å². The summed E-state index contributed by atoms with van der Waals surface area (Å²) in [6.45, 7) is 6.01. The molecule has 17 heavy (non-hydrogen) atoms. The van der Waals surface area contributed by atoms with Crippen LogP contribution in [0.15, 0.2) is 12.3 Å². The molecule has 0 radical (unpaired) electrons. The smallest absolute Gasteiger partial charge is 0.129 e. The summed E-state index contributed by atoms with van der Waals surface area (Å²) in [5.41, 5.74) is 6.64. The Labute approximate surface area is 112 Å². The molecular weight excluding hydrogens is 254 g/mol. The van der Waals surface area contributed by atoms with E-state index in [-0.39, 0.29) is 0 Å². The second-order valence-corrected chi connectivity index (χ2v) is 6.24. The molecule has 1 aromatic heterocycles. The van der Waals surface area contributed by atoms with Crippen LogP contribution in [0.3, 0.4) is 0 Å². The van der Waals surface area contributed by atoms with Crippen molar-refractivity contribution in [3.05, 3.63) is 22.8 Å².